The molecular formula is C20H23N5O3. The van der Waals surface area contributed by atoms with Crippen LogP contribution >= 0.6 is 0 Å². The smallest absolute Gasteiger partial charge is 0.257 e. The van der Waals surface area contributed by atoms with Crippen molar-refractivity contribution in [3.8, 4) is 5.88 Å². The first-order valence-corrected chi connectivity index (χ1v) is 9.38. The first kappa shape index (κ1) is 18.2. The van der Waals surface area contributed by atoms with Gasteiger partial charge in [-0.3, -0.25) is 4.79 Å². The fourth-order valence-corrected chi connectivity index (χ4v) is 3.45. The van der Waals surface area contributed by atoms with E-state index in [1.807, 2.05) is 48.2 Å². The van der Waals surface area contributed by atoms with Crippen LogP contribution in [0.15, 0.2) is 41.2 Å². The van der Waals surface area contributed by atoms with Crippen LogP contribution in [0.4, 0.5) is 5.82 Å². The van der Waals surface area contributed by atoms with Gasteiger partial charge in [0.25, 0.3) is 5.88 Å². The number of rotatable bonds is 5. The van der Waals surface area contributed by atoms with Crippen LogP contribution in [0.5, 0.6) is 5.88 Å². The monoisotopic (exact) mass is 381 g/mol. The highest BCUT2D eigenvalue weighted by atomic mass is 16.5. The number of benzene rings is 1. The first-order valence-electron chi connectivity index (χ1n) is 9.38. The minimum Gasteiger partial charge on any atom is -0.470 e. The Labute approximate surface area is 163 Å². The van der Waals surface area contributed by atoms with Crippen molar-refractivity contribution >= 4 is 22.7 Å². The van der Waals surface area contributed by atoms with Crippen molar-refractivity contribution in [2.75, 3.05) is 32.1 Å². The maximum Gasteiger partial charge on any atom is 0.257 e. The number of piperidine rings is 1. The van der Waals surface area contributed by atoms with E-state index in [0.717, 1.165) is 24.8 Å². The third kappa shape index (κ3) is 3.76. The molecule has 1 aromatic carbocycles. The van der Waals surface area contributed by atoms with Crippen LogP contribution in [0.25, 0.3) is 11.0 Å². The van der Waals surface area contributed by atoms with Crippen LogP contribution in [-0.4, -0.2) is 59.2 Å². The maximum absolute atomic E-state index is 12.8. The van der Waals surface area contributed by atoms with Crippen LogP contribution in [0.3, 0.4) is 0 Å². The van der Waals surface area contributed by atoms with Gasteiger partial charge in [0.15, 0.2) is 11.4 Å². The second kappa shape index (κ2) is 7.84. The number of carbonyl (C=O) groups excluding carboxylic acids is 1. The molecule has 0 aliphatic carbocycles. The van der Waals surface area contributed by atoms with E-state index in [2.05, 4.69) is 15.1 Å². The van der Waals surface area contributed by atoms with Crippen molar-refractivity contribution in [1.29, 1.82) is 0 Å². The second-order valence-electron chi connectivity index (χ2n) is 7.10. The average molecular weight is 381 g/mol. The molecule has 1 atom stereocenters. The van der Waals surface area contributed by atoms with Gasteiger partial charge in [0.2, 0.25) is 5.91 Å². The zero-order chi connectivity index (χ0) is 19.5. The Morgan fingerprint density at radius 2 is 2.11 bits per heavy atom. The molecule has 3 heterocycles. The summed E-state index contributed by atoms with van der Waals surface area (Å²) in [6, 6.07) is 7.58. The summed E-state index contributed by atoms with van der Waals surface area (Å²) >= 11 is 0. The first-order chi connectivity index (χ1) is 13.6. The molecule has 1 unspecified atom stereocenters. The summed E-state index contributed by atoms with van der Waals surface area (Å²) in [6.45, 7) is 1.24. The second-order valence-corrected chi connectivity index (χ2v) is 7.10. The summed E-state index contributed by atoms with van der Waals surface area (Å²) in [4.78, 5) is 25.2. The predicted octanol–water partition coefficient (Wildman–Crippen LogP) is 2.30. The lowest BCUT2D eigenvalue weighted by Crippen LogP contribution is -2.45. The fraction of sp³-hybridized carbons (Fsp3) is 0.400. The Kier molecular flexibility index (Phi) is 5.10. The summed E-state index contributed by atoms with van der Waals surface area (Å²) in [5, 5.41) is 4.96. The Balaban J connectivity index is 1.43. The van der Waals surface area contributed by atoms with E-state index in [-0.39, 0.29) is 18.4 Å². The van der Waals surface area contributed by atoms with Crippen molar-refractivity contribution < 1.29 is 14.1 Å². The van der Waals surface area contributed by atoms with E-state index < -0.39 is 0 Å². The molecule has 1 aliphatic heterocycles. The number of amides is 1. The van der Waals surface area contributed by atoms with E-state index in [1.54, 1.807) is 12.4 Å². The number of nitrogens with zero attached hydrogens (tertiary/aromatic N) is 5. The highest BCUT2D eigenvalue weighted by Gasteiger charge is 2.27. The molecule has 1 amide bonds. The Morgan fingerprint density at radius 3 is 2.96 bits per heavy atom. The van der Waals surface area contributed by atoms with Crippen LogP contribution in [0, 0.1) is 0 Å². The molecule has 0 N–H and O–H groups in total. The molecule has 0 bridgehead atoms. The molecular weight excluding hydrogens is 358 g/mol. The van der Waals surface area contributed by atoms with Gasteiger partial charge in [0, 0.05) is 38.4 Å². The van der Waals surface area contributed by atoms with E-state index in [0.29, 0.717) is 29.5 Å². The predicted molar refractivity (Wildman–Crippen MR) is 104 cm³/mol. The molecule has 2 aromatic heterocycles. The number of aromatic nitrogens is 3. The van der Waals surface area contributed by atoms with Crippen molar-refractivity contribution in [2.24, 2.45) is 0 Å². The maximum atomic E-state index is 12.8. The molecule has 8 nitrogen and oxygen atoms in total. The number of ether oxygens (including phenoxy) is 1. The number of para-hydroxylation sites is 1. The molecule has 4 rings (SSSR count). The van der Waals surface area contributed by atoms with Gasteiger partial charge in [-0.1, -0.05) is 17.3 Å². The molecule has 1 fully saturated rings. The van der Waals surface area contributed by atoms with Crippen LogP contribution in [0.1, 0.15) is 18.5 Å². The zero-order valence-corrected chi connectivity index (χ0v) is 16.0. The van der Waals surface area contributed by atoms with Gasteiger partial charge in [0.05, 0.1) is 13.0 Å². The number of fused-ring (bicyclic) bond motifs is 1. The largest absolute Gasteiger partial charge is 0.470 e. The minimum absolute atomic E-state index is 0.0272. The number of anilines is 1. The van der Waals surface area contributed by atoms with E-state index in [9.17, 15) is 4.79 Å². The third-order valence-electron chi connectivity index (χ3n) is 4.85. The van der Waals surface area contributed by atoms with Gasteiger partial charge in [-0.25, -0.2) is 9.97 Å². The Morgan fingerprint density at radius 1 is 1.29 bits per heavy atom. The molecule has 3 aromatic rings. The summed E-state index contributed by atoms with van der Waals surface area (Å²) in [6.07, 6.45) is 5.12. The van der Waals surface area contributed by atoms with Gasteiger partial charge in [-0.05, 0) is 25.0 Å². The highest BCUT2D eigenvalue weighted by Crippen LogP contribution is 2.25. The molecule has 1 saturated heterocycles. The van der Waals surface area contributed by atoms with Crippen LogP contribution in [0.2, 0.25) is 0 Å². The molecule has 146 valence electrons. The van der Waals surface area contributed by atoms with E-state index >= 15 is 0 Å². The summed E-state index contributed by atoms with van der Waals surface area (Å²) in [5.41, 5.74) is 1.37. The van der Waals surface area contributed by atoms with Gasteiger partial charge in [-0.2, -0.15) is 0 Å². The van der Waals surface area contributed by atoms with Crippen molar-refractivity contribution in [1.82, 2.24) is 20.0 Å². The number of hydrogen-bond acceptors (Lipinski definition) is 7. The quantitative estimate of drug-likeness (QED) is 0.670. The lowest BCUT2D eigenvalue weighted by Gasteiger charge is -2.33. The summed E-state index contributed by atoms with van der Waals surface area (Å²) < 4.78 is 11.4. The van der Waals surface area contributed by atoms with E-state index in [1.165, 1.54) is 0 Å². The van der Waals surface area contributed by atoms with Gasteiger partial charge < -0.3 is 19.1 Å². The van der Waals surface area contributed by atoms with Gasteiger partial charge >= 0.3 is 0 Å². The molecule has 0 radical (unpaired) electrons. The van der Waals surface area contributed by atoms with Crippen molar-refractivity contribution in [3.63, 3.8) is 0 Å². The van der Waals surface area contributed by atoms with Gasteiger partial charge in [0.1, 0.15) is 11.8 Å². The average Bonchev–Trinajstić information content (AvgIpc) is 3.11. The minimum atomic E-state index is -0.109. The summed E-state index contributed by atoms with van der Waals surface area (Å²) in [7, 11) is 3.80. The van der Waals surface area contributed by atoms with Crippen LogP contribution < -0.4 is 9.64 Å². The SMILES string of the molecule is CN(C)c1nccnc1OC1CCCN(C(=O)Cc2noc3ccccc23)C1. The lowest BCUT2D eigenvalue weighted by atomic mass is 10.1. The Bertz CT molecular complexity index is 971. The molecule has 28 heavy (non-hydrogen) atoms. The van der Waals surface area contributed by atoms with Gasteiger partial charge in [-0.15, -0.1) is 0 Å². The lowest BCUT2D eigenvalue weighted by molar-refractivity contribution is -0.133. The van der Waals surface area contributed by atoms with Crippen LogP contribution in [-0.2, 0) is 11.2 Å². The number of carbonyl (C=O) groups is 1. The zero-order valence-electron chi connectivity index (χ0n) is 16.0. The fourth-order valence-electron chi connectivity index (χ4n) is 3.45. The van der Waals surface area contributed by atoms with Crippen molar-refractivity contribution in [2.45, 2.75) is 25.4 Å². The normalized spacial score (nSPS) is 16.9. The summed E-state index contributed by atoms with van der Waals surface area (Å²) in [5.74, 6) is 1.20. The molecule has 1 aliphatic rings. The van der Waals surface area contributed by atoms with Crippen molar-refractivity contribution in [3.05, 3.63) is 42.4 Å². The molecule has 0 saturated carbocycles. The topological polar surface area (TPSA) is 84.6 Å². The molecule has 0 spiro atoms. The third-order valence-corrected chi connectivity index (χ3v) is 4.85. The Hall–Kier alpha value is -3.16. The van der Waals surface area contributed by atoms with E-state index in [4.69, 9.17) is 9.26 Å². The molecule has 8 heteroatoms. The number of hydrogen-bond donors (Lipinski definition) is 0. The number of likely N-dealkylation sites (tertiary alicyclic amines) is 1. The standard InChI is InChI=1S/C20H23N5O3/c1-24(2)19-20(22-10-9-21-19)27-14-6-5-11-25(13-14)18(26)12-16-15-7-3-4-8-17(15)28-23-16/h3-4,7-10,14H,5-6,11-13H2,1-2H3. The highest BCUT2D eigenvalue weighted by molar-refractivity contribution is 5.86.